The molecule has 7 heteroatoms. The summed E-state index contributed by atoms with van der Waals surface area (Å²) in [5.41, 5.74) is 12.5. The summed E-state index contributed by atoms with van der Waals surface area (Å²) in [5.74, 6) is 0.342. The second-order valence-corrected chi connectivity index (χ2v) is 10.9. The van der Waals surface area contributed by atoms with Gasteiger partial charge in [-0.1, -0.05) is 66.7 Å². The Hall–Kier alpha value is -4.25. The van der Waals surface area contributed by atoms with Crippen LogP contribution in [0.3, 0.4) is 0 Å². The molecule has 0 bridgehead atoms. The van der Waals surface area contributed by atoms with E-state index in [9.17, 15) is 4.79 Å². The quantitative estimate of drug-likeness (QED) is 0.289. The van der Waals surface area contributed by atoms with Crippen LogP contribution in [0.15, 0.2) is 91.4 Å². The Kier molecular flexibility index (Phi) is 9.58. The van der Waals surface area contributed by atoms with Gasteiger partial charge in [-0.15, -0.1) is 0 Å². The number of nitrogens with one attached hydrogen (secondary N) is 1. The highest BCUT2D eigenvalue weighted by atomic mass is 16.1. The molecular formula is C34H38N6O. The molecule has 210 valence electrons. The third-order valence-electron chi connectivity index (χ3n) is 8.02. The highest BCUT2D eigenvalue weighted by Gasteiger charge is 2.28. The molecule has 3 aromatic carbocycles. The van der Waals surface area contributed by atoms with E-state index >= 15 is 0 Å². The van der Waals surface area contributed by atoms with Gasteiger partial charge in [-0.25, -0.2) is 4.98 Å². The molecule has 1 amide bonds. The Morgan fingerprint density at radius 3 is 2.63 bits per heavy atom. The lowest BCUT2D eigenvalue weighted by Gasteiger charge is -2.35. The van der Waals surface area contributed by atoms with Gasteiger partial charge in [0.15, 0.2) is 0 Å². The summed E-state index contributed by atoms with van der Waals surface area (Å²) in [7, 11) is 0. The van der Waals surface area contributed by atoms with Gasteiger partial charge in [-0.2, -0.15) is 5.26 Å². The van der Waals surface area contributed by atoms with Crippen molar-refractivity contribution in [3.05, 3.63) is 125 Å². The van der Waals surface area contributed by atoms with E-state index in [1.165, 1.54) is 11.1 Å². The number of likely N-dealkylation sites (tertiary alicyclic amines) is 1. The monoisotopic (exact) mass is 546 g/mol. The van der Waals surface area contributed by atoms with Crippen LogP contribution < -0.4 is 11.1 Å². The fourth-order valence-corrected chi connectivity index (χ4v) is 5.76. The largest absolute Gasteiger partial charge is 0.355 e. The van der Waals surface area contributed by atoms with Crippen LogP contribution in [-0.2, 0) is 24.3 Å². The summed E-state index contributed by atoms with van der Waals surface area (Å²) >= 11 is 0. The molecule has 1 unspecified atom stereocenters. The van der Waals surface area contributed by atoms with Crippen molar-refractivity contribution in [2.75, 3.05) is 26.2 Å². The van der Waals surface area contributed by atoms with E-state index in [0.29, 0.717) is 31.6 Å². The highest BCUT2D eigenvalue weighted by molar-refractivity contribution is 5.79. The molecule has 2 atom stereocenters. The number of rotatable bonds is 11. The number of nitrogens with zero attached hydrogens (tertiary/aromatic N) is 4. The van der Waals surface area contributed by atoms with Crippen molar-refractivity contribution in [2.45, 2.75) is 38.3 Å². The smallest absolute Gasteiger partial charge is 0.224 e. The summed E-state index contributed by atoms with van der Waals surface area (Å²) in [6.45, 7) is 4.42. The standard InChI is InChI=1S/C34H38N6O/c35-19-26-11-13-27(14-12-26)22-40-25-37-21-32(40)15-16-38-34(41)31-10-5-17-39(23-31)24-33(29-7-2-1-3-8-29)30-9-4-6-28(18-30)20-36/h1-4,6-9,11-14,18,21,25,31,33H,5,10,15-17,20,22-24,36H2,(H,38,41)/t31-,33?/m0/s1. The molecule has 3 N–H and O–H groups in total. The number of nitriles is 1. The number of piperidine rings is 1. The maximum atomic E-state index is 13.2. The molecule has 0 aliphatic carbocycles. The van der Waals surface area contributed by atoms with E-state index in [1.807, 2.05) is 36.8 Å². The molecule has 1 aromatic heterocycles. The van der Waals surface area contributed by atoms with Crippen molar-refractivity contribution in [1.29, 1.82) is 5.26 Å². The van der Waals surface area contributed by atoms with Gasteiger partial charge in [0.1, 0.15) is 0 Å². The van der Waals surface area contributed by atoms with Crippen molar-refractivity contribution in [2.24, 2.45) is 11.7 Å². The molecule has 4 aromatic rings. The Morgan fingerprint density at radius 2 is 1.85 bits per heavy atom. The van der Waals surface area contributed by atoms with Crippen molar-refractivity contribution < 1.29 is 4.79 Å². The molecule has 1 saturated heterocycles. The van der Waals surface area contributed by atoms with Gasteiger partial charge in [0.05, 0.1) is 23.9 Å². The van der Waals surface area contributed by atoms with Gasteiger partial charge in [-0.05, 0) is 53.8 Å². The molecule has 7 nitrogen and oxygen atoms in total. The minimum atomic E-state index is -0.0147. The molecule has 41 heavy (non-hydrogen) atoms. The maximum absolute atomic E-state index is 13.2. The Balaban J connectivity index is 1.17. The van der Waals surface area contributed by atoms with E-state index in [0.717, 1.165) is 49.3 Å². The van der Waals surface area contributed by atoms with Crippen LogP contribution in [0.2, 0.25) is 0 Å². The molecular weight excluding hydrogens is 508 g/mol. The van der Waals surface area contributed by atoms with Gasteiger partial charge in [-0.3, -0.25) is 4.79 Å². The topological polar surface area (TPSA) is 100.0 Å². The van der Waals surface area contributed by atoms with Gasteiger partial charge < -0.3 is 20.5 Å². The summed E-state index contributed by atoms with van der Waals surface area (Å²) in [5, 5.41) is 12.2. The Bertz CT molecular complexity index is 1460. The van der Waals surface area contributed by atoms with Crippen LogP contribution in [0.4, 0.5) is 0 Å². The van der Waals surface area contributed by atoms with Crippen LogP contribution in [0.5, 0.6) is 0 Å². The first-order valence-electron chi connectivity index (χ1n) is 14.4. The van der Waals surface area contributed by atoms with Crippen LogP contribution in [0.1, 0.15) is 52.3 Å². The second kappa shape index (κ2) is 13.9. The van der Waals surface area contributed by atoms with Crippen molar-refractivity contribution in [3.8, 4) is 6.07 Å². The number of nitrogens with two attached hydrogens (primary N) is 1. The maximum Gasteiger partial charge on any atom is 0.224 e. The zero-order chi connectivity index (χ0) is 28.4. The number of amides is 1. The molecule has 5 rings (SSSR count). The van der Waals surface area contributed by atoms with Crippen LogP contribution in [0.25, 0.3) is 0 Å². The number of imidazole rings is 1. The SMILES string of the molecule is N#Cc1ccc(Cn2cncc2CCNC(=O)[C@H]2CCCN(CC(c3ccccc3)c3cccc(CN)c3)C2)cc1. The first kappa shape index (κ1) is 28.3. The average Bonchev–Trinajstić information content (AvgIpc) is 3.47. The third kappa shape index (κ3) is 7.49. The van der Waals surface area contributed by atoms with E-state index in [1.54, 1.807) is 0 Å². The predicted molar refractivity (Wildman–Crippen MR) is 161 cm³/mol. The van der Waals surface area contributed by atoms with Crippen LogP contribution in [0, 0.1) is 17.2 Å². The lowest BCUT2D eigenvalue weighted by atomic mass is 9.88. The Labute approximate surface area is 242 Å². The van der Waals surface area contributed by atoms with Gasteiger partial charge in [0.2, 0.25) is 5.91 Å². The summed E-state index contributed by atoms with van der Waals surface area (Å²) in [4.78, 5) is 20.0. The van der Waals surface area contributed by atoms with Crippen molar-refractivity contribution in [3.63, 3.8) is 0 Å². The normalized spacial score (nSPS) is 16.1. The summed E-state index contributed by atoms with van der Waals surface area (Å²) in [6.07, 6.45) is 6.33. The molecule has 1 fully saturated rings. The predicted octanol–water partition coefficient (Wildman–Crippen LogP) is 4.46. The molecule has 1 aliphatic heterocycles. The summed E-state index contributed by atoms with van der Waals surface area (Å²) < 4.78 is 2.10. The number of carbonyl (C=O) groups is 1. The van der Waals surface area contributed by atoms with E-state index in [-0.39, 0.29) is 17.7 Å². The van der Waals surface area contributed by atoms with E-state index < -0.39 is 0 Å². The van der Waals surface area contributed by atoms with Crippen molar-refractivity contribution in [1.82, 2.24) is 19.8 Å². The van der Waals surface area contributed by atoms with Gasteiger partial charge >= 0.3 is 0 Å². The van der Waals surface area contributed by atoms with E-state index in [4.69, 9.17) is 11.0 Å². The zero-order valence-corrected chi connectivity index (χ0v) is 23.5. The molecule has 1 aliphatic rings. The highest BCUT2D eigenvalue weighted by Crippen LogP contribution is 2.28. The molecule has 0 saturated carbocycles. The number of hydrogen-bond acceptors (Lipinski definition) is 5. The summed E-state index contributed by atoms with van der Waals surface area (Å²) in [6, 6.07) is 29.0. The Morgan fingerprint density at radius 1 is 1.05 bits per heavy atom. The number of carbonyl (C=O) groups excluding carboxylic acids is 1. The minimum absolute atomic E-state index is 0.0147. The third-order valence-corrected chi connectivity index (χ3v) is 8.02. The first-order chi connectivity index (χ1) is 20.1. The van der Waals surface area contributed by atoms with Crippen LogP contribution in [-0.4, -0.2) is 46.5 Å². The van der Waals surface area contributed by atoms with Crippen molar-refractivity contribution >= 4 is 5.91 Å². The van der Waals surface area contributed by atoms with Crippen LogP contribution >= 0.6 is 0 Å². The number of benzene rings is 3. The van der Waals surface area contributed by atoms with Gasteiger partial charge in [0.25, 0.3) is 0 Å². The average molecular weight is 547 g/mol. The second-order valence-electron chi connectivity index (χ2n) is 10.9. The zero-order valence-electron chi connectivity index (χ0n) is 23.5. The number of hydrogen-bond donors (Lipinski definition) is 2. The molecule has 2 heterocycles. The minimum Gasteiger partial charge on any atom is -0.355 e. The van der Waals surface area contributed by atoms with E-state index in [2.05, 4.69) is 80.4 Å². The van der Waals surface area contributed by atoms with Gasteiger partial charge in [0, 0.05) is 57.0 Å². The fourth-order valence-electron chi connectivity index (χ4n) is 5.76. The number of aromatic nitrogens is 2. The molecule has 0 radical (unpaired) electrons. The lowest BCUT2D eigenvalue weighted by Crippen LogP contribution is -2.44. The lowest BCUT2D eigenvalue weighted by molar-refractivity contribution is -0.126. The molecule has 0 spiro atoms. The first-order valence-corrected chi connectivity index (χ1v) is 14.4. The fraction of sp³-hybridized carbons (Fsp3) is 0.324.